The number of rotatable bonds is 2. The van der Waals surface area contributed by atoms with E-state index in [0.29, 0.717) is 4.90 Å². The number of allylic oxidation sites excluding steroid dienone is 4. The van der Waals surface area contributed by atoms with Crippen LogP contribution in [0.25, 0.3) is 0 Å². The van der Waals surface area contributed by atoms with Crippen LogP contribution in [0.4, 0.5) is 0 Å². The van der Waals surface area contributed by atoms with E-state index in [1.165, 1.54) is 6.08 Å². The second-order valence-electron chi connectivity index (χ2n) is 3.69. The summed E-state index contributed by atoms with van der Waals surface area (Å²) in [7, 11) is -1.59. The lowest BCUT2D eigenvalue weighted by molar-refractivity contribution is -0.114. The van der Waals surface area contributed by atoms with Gasteiger partial charge in [0, 0.05) is 11.0 Å². The highest BCUT2D eigenvalue weighted by atomic mass is 32.2. The van der Waals surface area contributed by atoms with Gasteiger partial charge in [0.25, 0.3) is 0 Å². The Bertz CT molecular complexity index is 565. The van der Waals surface area contributed by atoms with E-state index in [-0.39, 0.29) is 16.5 Å². The highest BCUT2D eigenvalue weighted by molar-refractivity contribution is 7.90. The fourth-order valence-corrected chi connectivity index (χ4v) is 2.53. The third-order valence-electron chi connectivity index (χ3n) is 2.35. The summed E-state index contributed by atoms with van der Waals surface area (Å²) in [6, 6.07) is 7.03. The van der Waals surface area contributed by atoms with Crippen LogP contribution in [-0.2, 0) is 20.4 Å². The van der Waals surface area contributed by atoms with E-state index in [9.17, 15) is 13.8 Å². The quantitative estimate of drug-likeness (QED) is 0.746. The number of benzene rings is 1. The second kappa shape index (κ2) is 4.59. The summed E-state index contributed by atoms with van der Waals surface area (Å²) >= 11 is 0. The fraction of sp³-hybridized carbons (Fsp3) is 0.0769. The minimum Gasteiger partial charge on any atom is -0.290 e. The van der Waals surface area contributed by atoms with Gasteiger partial charge in [0.1, 0.15) is 0 Å². The van der Waals surface area contributed by atoms with Crippen molar-refractivity contribution in [1.82, 2.24) is 0 Å². The maximum atomic E-state index is 12.1. The Kier molecular flexibility index (Phi) is 3.15. The number of carbonyl (C=O) groups is 2. The molecule has 0 heterocycles. The van der Waals surface area contributed by atoms with Gasteiger partial charge in [-0.1, -0.05) is 17.7 Å². The Morgan fingerprint density at radius 1 is 1.00 bits per heavy atom. The summed E-state index contributed by atoms with van der Waals surface area (Å²) in [4.78, 5) is 23.2. The number of hydrogen-bond acceptors (Lipinski definition) is 3. The molecule has 3 nitrogen and oxygen atoms in total. The van der Waals surface area contributed by atoms with Crippen molar-refractivity contribution in [1.29, 1.82) is 0 Å². The van der Waals surface area contributed by atoms with E-state index in [0.717, 1.165) is 17.7 Å². The number of aryl methyl sites for hydroxylation is 1. The fourth-order valence-electron chi connectivity index (χ4n) is 1.42. The molecule has 2 rings (SSSR count). The minimum atomic E-state index is -1.59. The van der Waals surface area contributed by atoms with E-state index in [4.69, 9.17) is 0 Å². The van der Waals surface area contributed by atoms with Crippen LogP contribution < -0.4 is 0 Å². The van der Waals surface area contributed by atoms with E-state index in [1.54, 1.807) is 12.1 Å². The molecule has 1 unspecified atom stereocenters. The summed E-state index contributed by atoms with van der Waals surface area (Å²) in [5, 5.41) is 0. The molecule has 1 aromatic carbocycles. The molecule has 0 saturated carbocycles. The lowest BCUT2D eigenvalue weighted by Crippen LogP contribution is -2.12. The molecule has 1 atom stereocenters. The maximum absolute atomic E-state index is 12.1. The molecule has 0 fully saturated rings. The van der Waals surface area contributed by atoms with Gasteiger partial charge in [-0.2, -0.15) is 0 Å². The van der Waals surface area contributed by atoms with Crippen LogP contribution in [0.15, 0.2) is 52.3 Å². The average Bonchev–Trinajstić information content (AvgIpc) is 2.32. The zero-order valence-electron chi connectivity index (χ0n) is 9.17. The van der Waals surface area contributed by atoms with Gasteiger partial charge in [0.2, 0.25) is 0 Å². The average molecular weight is 246 g/mol. The van der Waals surface area contributed by atoms with Gasteiger partial charge in [-0.3, -0.25) is 9.59 Å². The summed E-state index contributed by atoms with van der Waals surface area (Å²) < 4.78 is 12.1. The molecule has 1 aliphatic rings. The predicted molar refractivity (Wildman–Crippen MR) is 64.8 cm³/mol. The monoisotopic (exact) mass is 246 g/mol. The van der Waals surface area contributed by atoms with Crippen molar-refractivity contribution in [2.24, 2.45) is 0 Å². The van der Waals surface area contributed by atoms with Gasteiger partial charge in [-0.25, -0.2) is 4.21 Å². The van der Waals surface area contributed by atoms with Gasteiger partial charge in [-0.05, 0) is 31.2 Å². The molecule has 4 heteroatoms. The van der Waals surface area contributed by atoms with Crippen molar-refractivity contribution in [3.05, 3.63) is 53.0 Å². The molecule has 0 saturated heterocycles. The van der Waals surface area contributed by atoms with Gasteiger partial charge < -0.3 is 0 Å². The molecule has 86 valence electrons. The SMILES string of the molecule is Cc1ccc(S(=O)C2=CC(=O)C=CC2=O)cc1. The van der Waals surface area contributed by atoms with E-state index in [2.05, 4.69) is 0 Å². The number of hydrogen-bond donors (Lipinski definition) is 0. The first-order chi connectivity index (χ1) is 8.08. The van der Waals surface area contributed by atoms with Crippen molar-refractivity contribution in [2.75, 3.05) is 0 Å². The second-order valence-corrected chi connectivity index (χ2v) is 5.14. The lowest BCUT2D eigenvalue weighted by atomic mass is 10.2. The standard InChI is InChI=1S/C13H10O3S/c1-9-2-5-11(6-3-9)17(16)13-8-10(14)4-7-12(13)15/h2-8H,1H3. The van der Waals surface area contributed by atoms with Crippen LogP contribution in [0.5, 0.6) is 0 Å². The van der Waals surface area contributed by atoms with Crippen molar-refractivity contribution in [3.8, 4) is 0 Å². The van der Waals surface area contributed by atoms with E-state index < -0.39 is 10.8 Å². The third-order valence-corrected chi connectivity index (χ3v) is 3.77. The first-order valence-corrected chi connectivity index (χ1v) is 6.19. The van der Waals surface area contributed by atoms with Crippen LogP contribution in [0.1, 0.15) is 5.56 Å². The zero-order valence-corrected chi connectivity index (χ0v) is 9.99. The lowest BCUT2D eigenvalue weighted by Gasteiger charge is -2.06. The van der Waals surface area contributed by atoms with Crippen molar-refractivity contribution < 1.29 is 13.8 Å². The highest BCUT2D eigenvalue weighted by Gasteiger charge is 2.20. The molecular weight excluding hydrogens is 236 g/mol. The number of ketones is 2. The zero-order chi connectivity index (χ0) is 12.4. The van der Waals surface area contributed by atoms with Crippen LogP contribution in [0.2, 0.25) is 0 Å². The Labute approximate surface area is 101 Å². The molecule has 1 aromatic rings. The number of carbonyl (C=O) groups excluding carboxylic acids is 2. The van der Waals surface area contributed by atoms with Crippen LogP contribution in [0, 0.1) is 6.92 Å². The Hall–Kier alpha value is -1.81. The molecule has 0 aliphatic heterocycles. The summed E-state index contributed by atoms with van der Waals surface area (Å²) in [6.07, 6.45) is 3.47. The summed E-state index contributed by atoms with van der Waals surface area (Å²) in [5.41, 5.74) is 1.05. The first-order valence-electron chi connectivity index (χ1n) is 5.04. The van der Waals surface area contributed by atoms with E-state index in [1.807, 2.05) is 19.1 Å². The van der Waals surface area contributed by atoms with Crippen molar-refractivity contribution >= 4 is 22.4 Å². The van der Waals surface area contributed by atoms with Gasteiger partial charge in [-0.15, -0.1) is 0 Å². The maximum Gasteiger partial charge on any atom is 0.195 e. The predicted octanol–water partition coefficient (Wildman–Crippen LogP) is 1.69. The first kappa shape index (κ1) is 11.7. The summed E-state index contributed by atoms with van der Waals surface area (Å²) in [6.45, 7) is 1.92. The highest BCUT2D eigenvalue weighted by Crippen LogP contribution is 2.18. The topological polar surface area (TPSA) is 51.2 Å². The molecule has 0 spiro atoms. The molecule has 0 aromatic heterocycles. The van der Waals surface area contributed by atoms with Gasteiger partial charge in [0.15, 0.2) is 11.6 Å². The van der Waals surface area contributed by atoms with E-state index >= 15 is 0 Å². The van der Waals surface area contributed by atoms with Crippen LogP contribution in [-0.4, -0.2) is 15.8 Å². The molecule has 0 amide bonds. The van der Waals surface area contributed by atoms with Gasteiger partial charge in [0.05, 0.1) is 15.7 Å². The molecule has 17 heavy (non-hydrogen) atoms. The Balaban J connectivity index is 2.35. The largest absolute Gasteiger partial charge is 0.290 e. The molecule has 0 N–H and O–H groups in total. The molecule has 0 bridgehead atoms. The Morgan fingerprint density at radius 3 is 2.29 bits per heavy atom. The minimum absolute atomic E-state index is 0.0429. The third kappa shape index (κ3) is 2.47. The molecule has 1 aliphatic carbocycles. The smallest absolute Gasteiger partial charge is 0.195 e. The molecule has 0 radical (unpaired) electrons. The van der Waals surface area contributed by atoms with Gasteiger partial charge >= 0.3 is 0 Å². The van der Waals surface area contributed by atoms with Crippen LogP contribution in [0.3, 0.4) is 0 Å². The molecular formula is C13H10O3S. The van der Waals surface area contributed by atoms with Crippen LogP contribution >= 0.6 is 0 Å². The Morgan fingerprint density at radius 2 is 1.65 bits per heavy atom. The summed E-state index contributed by atoms with van der Waals surface area (Å²) in [5.74, 6) is -0.677. The van der Waals surface area contributed by atoms with Crippen molar-refractivity contribution in [3.63, 3.8) is 0 Å². The van der Waals surface area contributed by atoms with Crippen molar-refractivity contribution in [2.45, 2.75) is 11.8 Å². The normalized spacial score (nSPS) is 16.9.